The minimum atomic E-state index is -3.44. The number of aliphatic carboxylic acids is 2. The molecule has 3 aromatic carbocycles. The summed E-state index contributed by atoms with van der Waals surface area (Å²) in [6.07, 6.45) is 0. The highest BCUT2D eigenvalue weighted by molar-refractivity contribution is 7.89. The number of nitrogens with zero attached hydrogens (tertiary/aromatic N) is 2. The van der Waals surface area contributed by atoms with Crippen molar-refractivity contribution in [1.29, 1.82) is 0 Å². The van der Waals surface area contributed by atoms with Crippen LogP contribution in [0.2, 0.25) is 0 Å². The molecule has 0 atom stereocenters. The molecule has 0 aromatic heterocycles. The molecule has 0 saturated carbocycles. The Morgan fingerprint density at radius 1 is 0.750 bits per heavy atom. The number of carboxylic acid groups (broad SMARTS) is 2. The molecule has 8 nitrogen and oxygen atoms in total. The van der Waals surface area contributed by atoms with Crippen molar-refractivity contribution in [2.24, 2.45) is 0 Å². The van der Waals surface area contributed by atoms with E-state index in [-0.39, 0.29) is 0 Å². The van der Waals surface area contributed by atoms with Gasteiger partial charge in [0.05, 0.1) is 4.90 Å². The summed E-state index contributed by atoms with van der Waals surface area (Å²) in [6.45, 7) is 3.43. The maximum atomic E-state index is 13.0. The molecule has 168 valence electrons. The topological polar surface area (TPSA) is 115 Å². The van der Waals surface area contributed by atoms with E-state index in [1.54, 1.807) is 16.4 Å². The summed E-state index contributed by atoms with van der Waals surface area (Å²) in [5.74, 6) is -3.65. The lowest BCUT2D eigenvalue weighted by molar-refractivity contribution is -0.159. The predicted octanol–water partition coefficient (Wildman–Crippen LogP) is 2.50. The molecule has 4 rings (SSSR count). The second-order valence-electron chi connectivity index (χ2n) is 7.29. The summed E-state index contributed by atoms with van der Waals surface area (Å²) in [7, 11) is -3.44. The van der Waals surface area contributed by atoms with Gasteiger partial charge in [-0.05, 0) is 28.5 Å². The fourth-order valence-corrected chi connectivity index (χ4v) is 4.90. The molecule has 0 bridgehead atoms. The Kier molecular flexibility index (Phi) is 7.57. The van der Waals surface area contributed by atoms with Crippen LogP contribution >= 0.6 is 0 Å². The third-order valence-electron chi connectivity index (χ3n) is 5.12. The first-order valence-corrected chi connectivity index (χ1v) is 11.4. The highest BCUT2D eigenvalue weighted by Crippen LogP contribution is 2.23. The number of rotatable bonds is 4. The van der Waals surface area contributed by atoms with E-state index in [0.29, 0.717) is 18.0 Å². The summed E-state index contributed by atoms with van der Waals surface area (Å²) >= 11 is 0. The maximum Gasteiger partial charge on any atom is 0.414 e. The van der Waals surface area contributed by atoms with Gasteiger partial charge in [-0.2, -0.15) is 4.31 Å². The van der Waals surface area contributed by atoms with E-state index >= 15 is 0 Å². The normalized spacial score (nSPS) is 15.0. The number of sulfonamides is 1. The fourth-order valence-electron chi connectivity index (χ4n) is 3.45. The standard InChI is InChI=1S/C21H22N2O2S.C2H2O4/c24-26(25,21-11-10-19-8-4-5-9-20(19)16-21)23-14-12-22(13-15-23)17-18-6-2-1-3-7-18;3-1(4)2(5)6/h1-11,16H,12-15,17H2;(H,3,4)(H,5,6). The second-order valence-corrected chi connectivity index (χ2v) is 9.22. The van der Waals surface area contributed by atoms with Gasteiger partial charge < -0.3 is 10.2 Å². The Morgan fingerprint density at radius 2 is 1.31 bits per heavy atom. The molecule has 1 saturated heterocycles. The molecule has 0 unspecified atom stereocenters. The minimum absolute atomic E-state index is 0.382. The van der Waals surface area contributed by atoms with Crippen molar-refractivity contribution in [2.75, 3.05) is 26.2 Å². The van der Waals surface area contributed by atoms with Crippen LogP contribution < -0.4 is 0 Å². The van der Waals surface area contributed by atoms with E-state index in [1.165, 1.54) is 5.56 Å². The zero-order valence-corrected chi connectivity index (χ0v) is 18.1. The van der Waals surface area contributed by atoms with Crippen LogP contribution in [0.1, 0.15) is 5.56 Å². The van der Waals surface area contributed by atoms with Crippen molar-refractivity contribution in [3.05, 3.63) is 78.4 Å². The molecule has 1 heterocycles. The van der Waals surface area contributed by atoms with Gasteiger partial charge in [0, 0.05) is 32.7 Å². The number of hydrogen-bond donors (Lipinski definition) is 2. The third kappa shape index (κ3) is 5.91. The first-order valence-electron chi connectivity index (χ1n) is 9.99. The van der Waals surface area contributed by atoms with Gasteiger partial charge in [-0.25, -0.2) is 18.0 Å². The van der Waals surface area contributed by atoms with Crippen LogP contribution in [-0.4, -0.2) is 66.0 Å². The second kappa shape index (κ2) is 10.4. The lowest BCUT2D eigenvalue weighted by atomic mass is 10.1. The zero-order chi connectivity index (χ0) is 23.1. The van der Waals surface area contributed by atoms with E-state index in [1.807, 2.05) is 48.5 Å². The van der Waals surface area contributed by atoms with Crippen LogP contribution in [-0.2, 0) is 26.2 Å². The van der Waals surface area contributed by atoms with Crippen LogP contribution in [0.5, 0.6) is 0 Å². The van der Waals surface area contributed by atoms with Crippen LogP contribution in [0.25, 0.3) is 10.8 Å². The number of piperazine rings is 1. The summed E-state index contributed by atoms with van der Waals surface area (Å²) in [5, 5.41) is 16.8. The van der Waals surface area contributed by atoms with Crippen molar-refractivity contribution >= 4 is 32.7 Å². The molecule has 1 fully saturated rings. The average Bonchev–Trinajstić information content (AvgIpc) is 2.80. The monoisotopic (exact) mass is 456 g/mol. The van der Waals surface area contributed by atoms with Gasteiger partial charge >= 0.3 is 11.9 Å². The van der Waals surface area contributed by atoms with Crippen molar-refractivity contribution in [1.82, 2.24) is 9.21 Å². The van der Waals surface area contributed by atoms with Crippen LogP contribution in [0, 0.1) is 0 Å². The lowest BCUT2D eigenvalue weighted by Gasteiger charge is -2.34. The first kappa shape index (κ1) is 23.4. The SMILES string of the molecule is O=C(O)C(=O)O.O=S(=O)(c1ccc2ccccc2c1)N1CCN(Cc2ccccc2)CC1. The van der Waals surface area contributed by atoms with Crippen LogP contribution in [0.3, 0.4) is 0 Å². The van der Waals surface area contributed by atoms with Crippen molar-refractivity contribution in [3.63, 3.8) is 0 Å². The summed E-state index contributed by atoms with van der Waals surface area (Å²) in [6, 6.07) is 23.5. The summed E-state index contributed by atoms with van der Waals surface area (Å²) < 4.78 is 27.6. The smallest absolute Gasteiger partial charge is 0.414 e. The van der Waals surface area contributed by atoms with Crippen molar-refractivity contribution in [3.8, 4) is 0 Å². The van der Waals surface area contributed by atoms with Crippen molar-refractivity contribution < 1.29 is 28.2 Å². The Bertz CT molecular complexity index is 1180. The van der Waals surface area contributed by atoms with Crippen LogP contribution in [0.4, 0.5) is 0 Å². The van der Waals surface area contributed by atoms with Gasteiger partial charge in [-0.15, -0.1) is 0 Å². The Labute approximate surface area is 186 Å². The van der Waals surface area contributed by atoms with E-state index in [9.17, 15) is 8.42 Å². The summed E-state index contributed by atoms with van der Waals surface area (Å²) in [4.78, 5) is 20.9. The van der Waals surface area contributed by atoms with E-state index in [2.05, 4.69) is 17.0 Å². The predicted molar refractivity (Wildman–Crippen MR) is 120 cm³/mol. The number of carboxylic acids is 2. The molecule has 32 heavy (non-hydrogen) atoms. The van der Waals surface area contributed by atoms with E-state index < -0.39 is 22.0 Å². The minimum Gasteiger partial charge on any atom is -0.473 e. The Balaban J connectivity index is 0.000000427. The largest absolute Gasteiger partial charge is 0.473 e. The lowest BCUT2D eigenvalue weighted by Crippen LogP contribution is -2.48. The quantitative estimate of drug-likeness (QED) is 0.580. The molecular weight excluding hydrogens is 432 g/mol. The molecule has 0 radical (unpaired) electrons. The van der Waals surface area contributed by atoms with Gasteiger partial charge in [-0.1, -0.05) is 60.7 Å². The fraction of sp³-hybridized carbons (Fsp3) is 0.217. The number of benzene rings is 3. The number of hydrogen-bond acceptors (Lipinski definition) is 5. The molecule has 9 heteroatoms. The highest BCUT2D eigenvalue weighted by Gasteiger charge is 2.28. The molecule has 0 amide bonds. The molecule has 1 aliphatic rings. The van der Waals surface area contributed by atoms with Gasteiger partial charge in [0.15, 0.2) is 0 Å². The molecule has 0 spiro atoms. The molecular formula is C23H24N2O6S. The van der Waals surface area contributed by atoms with Gasteiger partial charge in [0.2, 0.25) is 10.0 Å². The average molecular weight is 457 g/mol. The molecule has 1 aliphatic heterocycles. The van der Waals surface area contributed by atoms with Crippen LogP contribution in [0.15, 0.2) is 77.7 Å². The Morgan fingerprint density at radius 3 is 1.91 bits per heavy atom. The maximum absolute atomic E-state index is 13.0. The Hall–Kier alpha value is -3.27. The first-order chi connectivity index (χ1) is 15.3. The zero-order valence-electron chi connectivity index (χ0n) is 17.3. The highest BCUT2D eigenvalue weighted by atomic mass is 32.2. The molecule has 2 N–H and O–H groups in total. The van der Waals surface area contributed by atoms with Gasteiger partial charge in [0.25, 0.3) is 0 Å². The number of fused-ring (bicyclic) bond motifs is 1. The van der Waals surface area contributed by atoms with Gasteiger partial charge in [-0.3, -0.25) is 4.90 Å². The van der Waals surface area contributed by atoms with Gasteiger partial charge in [0.1, 0.15) is 0 Å². The number of carbonyl (C=O) groups is 2. The third-order valence-corrected chi connectivity index (χ3v) is 7.02. The van der Waals surface area contributed by atoms with E-state index in [0.717, 1.165) is 30.4 Å². The molecule has 0 aliphatic carbocycles. The summed E-state index contributed by atoms with van der Waals surface area (Å²) in [5.41, 5.74) is 1.26. The molecule has 3 aromatic rings. The van der Waals surface area contributed by atoms with Crippen molar-refractivity contribution in [2.45, 2.75) is 11.4 Å². The van der Waals surface area contributed by atoms with E-state index in [4.69, 9.17) is 19.8 Å².